The first-order chi connectivity index (χ1) is 11.1. The van der Waals surface area contributed by atoms with Crippen molar-refractivity contribution in [1.29, 1.82) is 0 Å². The van der Waals surface area contributed by atoms with Crippen molar-refractivity contribution in [3.63, 3.8) is 0 Å². The summed E-state index contributed by atoms with van der Waals surface area (Å²) in [5, 5.41) is 19.9. The zero-order valence-electron chi connectivity index (χ0n) is 13.6. The Bertz CT molecular complexity index is 658. The largest absolute Gasteiger partial charge is 0.354 e. The molecule has 0 aliphatic heterocycles. The smallest absolute Gasteiger partial charge is 0.306 e. The first-order valence-electron chi connectivity index (χ1n) is 7.21. The third-order valence-electron chi connectivity index (χ3n) is 3.30. The summed E-state index contributed by atoms with van der Waals surface area (Å²) in [4.78, 5) is 17.8. The highest BCUT2D eigenvalue weighted by molar-refractivity contribution is 14.0. The zero-order chi connectivity index (χ0) is 16.7. The fraction of sp³-hybridized carbons (Fsp3) is 0.429. The molecule has 0 bridgehead atoms. The quantitative estimate of drug-likeness (QED) is 0.223. The SMILES string of the molecule is CN=C(NCCn1cc([N+](=O)[O-])cn1)N(C)CCc1cccs1.I. The lowest BCUT2D eigenvalue weighted by Gasteiger charge is -2.21. The summed E-state index contributed by atoms with van der Waals surface area (Å²) in [5.41, 5.74) is 0.00227. The van der Waals surface area contributed by atoms with Crippen LogP contribution < -0.4 is 5.32 Å². The number of aliphatic imine (C=N–C) groups is 1. The van der Waals surface area contributed by atoms with Crippen molar-refractivity contribution in [2.75, 3.05) is 27.2 Å². The molecule has 2 rings (SSSR count). The number of nitrogens with one attached hydrogen (secondary N) is 1. The molecule has 0 aliphatic carbocycles. The number of hydrogen-bond acceptors (Lipinski definition) is 5. The van der Waals surface area contributed by atoms with Crippen LogP contribution in [0.4, 0.5) is 5.69 Å². The maximum Gasteiger partial charge on any atom is 0.306 e. The van der Waals surface area contributed by atoms with E-state index in [4.69, 9.17) is 0 Å². The molecule has 0 saturated heterocycles. The molecular formula is C14H21IN6O2S. The second-order valence-corrected chi connectivity index (χ2v) is 5.98. The number of rotatable bonds is 7. The molecule has 2 aromatic rings. The third kappa shape index (κ3) is 6.07. The summed E-state index contributed by atoms with van der Waals surface area (Å²) in [6.45, 7) is 1.99. The molecule has 132 valence electrons. The predicted octanol–water partition coefficient (Wildman–Crippen LogP) is 2.22. The molecule has 8 nitrogen and oxygen atoms in total. The summed E-state index contributed by atoms with van der Waals surface area (Å²) in [5.74, 6) is 0.795. The van der Waals surface area contributed by atoms with Crippen LogP contribution in [0, 0.1) is 10.1 Å². The van der Waals surface area contributed by atoms with Crippen molar-refractivity contribution in [3.05, 3.63) is 44.9 Å². The molecule has 0 spiro atoms. The van der Waals surface area contributed by atoms with E-state index >= 15 is 0 Å². The highest BCUT2D eigenvalue weighted by atomic mass is 127. The summed E-state index contributed by atoms with van der Waals surface area (Å²) in [6.07, 6.45) is 3.65. The summed E-state index contributed by atoms with van der Waals surface area (Å²) < 4.78 is 1.55. The van der Waals surface area contributed by atoms with Gasteiger partial charge in [-0.1, -0.05) is 6.07 Å². The molecule has 10 heteroatoms. The van der Waals surface area contributed by atoms with E-state index in [2.05, 4.69) is 37.8 Å². The van der Waals surface area contributed by atoms with Gasteiger partial charge in [-0.25, -0.2) is 0 Å². The number of aromatic nitrogens is 2. The molecule has 0 atom stereocenters. The maximum absolute atomic E-state index is 10.6. The molecule has 0 unspecified atom stereocenters. The average Bonchev–Trinajstić information content (AvgIpc) is 3.20. The van der Waals surface area contributed by atoms with Crippen LogP contribution in [0.25, 0.3) is 0 Å². The van der Waals surface area contributed by atoms with Crippen molar-refractivity contribution in [2.45, 2.75) is 13.0 Å². The number of thiophene rings is 1. The van der Waals surface area contributed by atoms with Gasteiger partial charge >= 0.3 is 5.69 Å². The van der Waals surface area contributed by atoms with E-state index < -0.39 is 4.92 Å². The minimum atomic E-state index is -0.450. The van der Waals surface area contributed by atoms with Gasteiger partial charge in [0.2, 0.25) is 0 Å². The van der Waals surface area contributed by atoms with E-state index in [0.29, 0.717) is 13.1 Å². The van der Waals surface area contributed by atoms with E-state index in [-0.39, 0.29) is 29.7 Å². The van der Waals surface area contributed by atoms with E-state index in [1.54, 1.807) is 23.1 Å². The standard InChI is InChI=1S/C14H20N6O2S.HI/c1-15-14(18(2)7-5-13-4-3-9-23-13)16-6-8-19-11-12(10-17-19)20(21)22;/h3-4,9-11H,5-8H2,1-2H3,(H,15,16);1H. The Kier molecular flexibility index (Phi) is 8.68. The Hall–Kier alpha value is -1.69. The summed E-state index contributed by atoms with van der Waals surface area (Å²) in [7, 11) is 3.73. The van der Waals surface area contributed by atoms with Gasteiger partial charge < -0.3 is 10.2 Å². The number of likely N-dealkylation sites (N-methyl/N-ethyl adjacent to an activating group) is 1. The fourth-order valence-corrected chi connectivity index (χ4v) is 2.77. The monoisotopic (exact) mass is 464 g/mol. The highest BCUT2D eigenvalue weighted by Crippen LogP contribution is 2.09. The second kappa shape index (κ2) is 10.2. The van der Waals surface area contributed by atoms with Crippen LogP contribution in [-0.4, -0.2) is 52.7 Å². The van der Waals surface area contributed by atoms with Crippen molar-refractivity contribution in [1.82, 2.24) is 20.0 Å². The van der Waals surface area contributed by atoms with Crippen molar-refractivity contribution in [2.24, 2.45) is 4.99 Å². The maximum atomic E-state index is 10.6. The molecule has 0 saturated carbocycles. The lowest BCUT2D eigenvalue weighted by Crippen LogP contribution is -2.41. The highest BCUT2D eigenvalue weighted by Gasteiger charge is 2.09. The lowest BCUT2D eigenvalue weighted by atomic mass is 10.3. The summed E-state index contributed by atoms with van der Waals surface area (Å²) >= 11 is 1.75. The van der Waals surface area contributed by atoms with Crippen molar-refractivity contribution >= 4 is 47.0 Å². The van der Waals surface area contributed by atoms with Gasteiger partial charge in [-0.15, -0.1) is 35.3 Å². The minimum absolute atomic E-state index is 0. The van der Waals surface area contributed by atoms with Crippen LogP contribution in [0.5, 0.6) is 0 Å². The van der Waals surface area contributed by atoms with Gasteiger partial charge in [0.15, 0.2) is 5.96 Å². The molecule has 0 fully saturated rings. The molecule has 0 aliphatic rings. The third-order valence-corrected chi connectivity index (χ3v) is 4.24. The topological polar surface area (TPSA) is 88.6 Å². The predicted molar refractivity (Wildman–Crippen MR) is 106 cm³/mol. The van der Waals surface area contributed by atoms with Crippen LogP contribution in [0.15, 0.2) is 34.9 Å². The van der Waals surface area contributed by atoms with Gasteiger partial charge in [-0.2, -0.15) is 5.10 Å². The molecule has 1 N–H and O–H groups in total. The molecular weight excluding hydrogens is 443 g/mol. The van der Waals surface area contributed by atoms with Gasteiger partial charge in [-0.3, -0.25) is 19.8 Å². The molecule has 0 aromatic carbocycles. The first-order valence-corrected chi connectivity index (χ1v) is 8.09. The lowest BCUT2D eigenvalue weighted by molar-refractivity contribution is -0.385. The van der Waals surface area contributed by atoms with E-state index in [1.807, 2.05) is 7.05 Å². The Morgan fingerprint density at radius 2 is 2.38 bits per heavy atom. The molecule has 2 aromatic heterocycles. The fourth-order valence-electron chi connectivity index (χ4n) is 2.07. The van der Waals surface area contributed by atoms with E-state index in [9.17, 15) is 10.1 Å². The number of guanidine groups is 1. The Morgan fingerprint density at radius 3 is 2.96 bits per heavy atom. The molecule has 24 heavy (non-hydrogen) atoms. The number of nitrogens with zero attached hydrogens (tertiary/aromatic N) is 5. The van der Waals surface area contributed by atoms with E-state index in [0.717, 1.165) is 18.9 Å². The van der Waals surface area contributed by atoms with Crippen LogP contribution in [0.1, 0.15) is 4.88 Å². The van der Waals surface area contributed by atoms with Crippen LogP contribution in [0.3, 0.4) is 0 Å². The number of nitro groups is 1. The van der Waals surface area contributed by atoms with Crippen molar-refractivity contribution in [3.8, 4) is 0 Å². The zero-order valence-corrected chi connectivity index (χ0v) is 16.7. The molecule has 0 radical (unpaired) electrons. The Labute approximate surface area is 161 Å². The summed E-state index contributed by atoms with van der Waals surface area (Å²) in [6, 6.07) is 4.18. The molecule has 2 heterocycles. The van der Waals surface area contributed by atoms with Gasteiger partial charge in [0.1, 0.15) is 12.4 Å². The second-order valence-electron chi connectivity index (χ2n) is 4.94. The molecule has 0 amide bonds. The first kappa shape index (κ1) is 20.4. The van der Waals surface area contributed by atoms with Crippen LogP contribution in [-0.2, 0) is 13.0 Å². The normalized spacial score (nSPS) is 11.0. The minimum Gasteiger partial charge on any atom is -0.354 e. The average molecular weight is 464 g/mol. The van der Waals surface area contributed by atoms with Gasteiger partial charge in [0.25, 0.3) is 0 Å². The van der Waals surface area contributed by atoms with Gasteiger partial charge in [0, 0.05) is 32.1 Å². The van der Waals surface area contributed by atoms with Crippen LogP contribution in [0.2, 0.25) is 0 Å². The van der Waals surface area contributed by atoms with Gasteiger partial charge in [-0.05, 0) is 17.9 Å². The van der Waals surface area contributed by atoms with Crippen molar-refractivity contribution < 1.29 is 4.92 Å². The van der Waals surface area contributed by atoms with Gasteiger partial charge in [0.05, 0.1) is 11.5 Å². The Balaban J connectivity index is 0.00000288. The van der Waals surface area contributed by atoms with Crippen LogP contribution >= 0.6 is 35.3 Å². The Morgan fingerprint density at radius 1 is 1.58 bits per heavy atom. The number of halogens is 1. The number of hydrogen-bond donors (Lipinski definition) is 1. The van der Waals surface area contributed by atoms with E-state index in [1.165, 1.54) is 17.3 Å².